The Labute approximate surface area is 93.3 Å². The number of aliphatic carboxylic acids is 1. The van der Waals surface area contributed by atoms with Crippen LogP contribution in [0.25, 0.3) is 0 Å². The number of carbonyl (C=O) groups is 1. The predicted molar refractivity (Wildman–Crippen MR) is 56.9 cm³/mol. The van der Waals surface area contributed by atoms with Crippen LogP contribution in [0.15, 0.2) is 29.2 Å². The minimum Gasteiger partial charge on any atom is -0.479 e. The molecule has 0 aliphatic rings. The van der Waals surface area contributed by atoms with E-state index in [1.54, 1.807) is 12.1 Å². The highest BCUT2D eigenvalue weighted by molar-refractivity contribution is 7.90. The number of carboxylic acids is 1. The summed E-state index contributed by atoms with van der Waals surface area (Å²) in [4.78, 5) is 10.5. The molecule has 0 aliphatic carbocycles. The van der Waals surface area contributed by atoms with Crippen LogP contribution in [-0.4, -0.2) is 37.0 Å². The molecule has 1 unspecified atom stereocenters. The maximum atomic E-state index is 11.4. The van der Waals surface area contributed by atoms with E-state index < -0.39 is 21.9 Å². The zero-order valence-electron chi connectivity index (χ0n) is 8.62. The van der Waals surface area contributed by atoms with Crippen LogP contribution in [-0.2, 0) is 21.1 Å². The third kappa shape index (κ3) is 3.04. The molecule has 1 aromatic rings. The van der Waals surface area contributed by atoms with E-state index in [4.69, 9.17) is 5.11 Å². The summed E-state index contributed by atoms with van der Waals surface area (Å²) in [6, 6.07) is 6.02. The van der Waals surface area contributed by atoms with Gasteiger partial charge in [-0.05, 0) is 11.6 Å². The summed E-state index contributed by atoms with van der Waals surface area (Å²) in [5.41, 5.74) is 0.305. The summed E-state index contributed by atoms with van der Waals surface area (Å²) in [5.74, 6) is -1.37. The maximum absolute atomic E-state index is 11.4. The highest BCUT2D eigenvalue weighted by Gasteiger charge is 2.19. The zero-order valence-corrected chi connectivity index (χ0v) is 9.44. The summed E-state index contributed by atoms with van der Waals surface area (Å²) in [6.07, 6.45) is -0.778. The molecule has 0 radical (unpaired) electrons. The lowest BCUT2D eigenvalue weighted by atomic mass is 10.1. The standard InChI is InChI=1S/C10H12O5S/c1-16(14,15)9-5-3-2-4-7(9)6-8(11)10(12)13/h2-5,8,11H,6H2,1H3,(H,12,13). The van der Waals surface area contributed by atoms with E-state index in [0.29, 0.717) is 5.56 Å². The lowest BCUT2D eigenvalue weighted by Gasteiger charge is -2.09. The van der Waals surface area contributed by atoms with Crippen LogP contribution in [0.2, 0.25) is 0 Å². The van der Waals surface area contributed by atoms with Gasteiger partial charge in [-0.1, -0.05) is 18.2 Å². The molecule has 0 aromatic heterocycles. The molecule has 0 bridgehead atoms. The second kappa shape index (κ2) is 4.63. The van der Waals surface area contributed by atoms with Crippen molar-refractivity contribution < 1.29 is 23.4 Å². The van der Waals surface area contributed by atoms with Crippen LogP contribution < -0.4 is 0 Å². The molecule has 1 atom stereocenters. The van der Waals surface area contributed by atoms with Gasteiger partial charge in [-0.3, -0.25) is 0 Å². The number of aliphatic hydroxyl groups excluding tert-OH is 1. The Balaban J connectivity index is 3.10. The van der Waals surface area contributed by atoms with Crippen LogP contribution in [0, 0.1) is 0 Å². The average Bonchev–Trinajstić information content (AvgIpc) is 2.16. The molecule has 0 saturated heterocycles. The fourth-order valence-electron chi connectivity index (χ4n) is 1.33. The third-order valence-corrected chi connectivity index (χ3v) is 3.27. The predicted octanol–water partition coefficient (Wildman–Crippen LogP) is 0.0781. The van der Waals surface area contributed by atoms with Gasteiger partial charge >= 0.3 is 5.97 Å². The number of aliphatic hydroxyl groups is 1. The maximum Gasteiger partial charge on any atom is 0.332 e. The van der Waals surface area contributed by atoms with Gasteiger partial charge in [-0.15, -0.1) is 0 Å². The summed E-state index contributed by atoms with van der Waals surface area (Å²) >= 11 is 0. The molecular formula is C10H12O5S. The van der Waals surface area contributed by atoms with Crippen LogP contribution in [0.1, 0.15) is 5.56 Å². The minimum absolute atomic E-state index is 0.0512. The van der Waals surface area contributed by atoms with E-state index >= 15 is 0 Å². The van der Waals surface area contributed by atoms with Crippen molar-refractivity contribution in [2.75, 3.05) is 6.26 Å². The second-order valence-corrected chi connectivity index (χ2v) is 5.42. The first-order valence-electron chi connectivity index (χ1n) is 4.51. The Bertz CT molecular complexity index is 492. The van der Waals surface area contributed by atoms with Gasteiger partial charge in [0.2, 0.25) is 0 Å². The lowest BCUT2D eigenvalue weighted by molar-refractivity contribution is -0.146. The van der Waals surface area contributed by atoms with Crippen molar-refractivity contribution >= 4 is 15.8 Å². The highest BCUT2D eigenvalue weighted by Crippen LogP contribution is 2.16. The average molecular weight is 244 g/mol. The Hall–Kier alpha value is -1.40. The van der Waals surface area contributed by atoms with Crippen LogP contribution in [0.5, 0.6) is 0 Å². The number of hydrogen-bond donors (Lipinski definition) is 2. The van der Waals surface area contributed by atoms with Gasteiger partial charge in [0.1, 0.15) is 0 Å². The summed E-state index contributed by atoms with van der Waals surface area (Å²) < 4.78 is 22.8. The summed E-state index contributed by atoms with van der Waals surface area (Å²) in [7, 11) is -3.41. The van der Waals surface area contributed by atoms with Gasteiger partial charge < -0.3 is 10.2 Å². The van der Waals surface area contributed by atoms with Gasteiger partial charge in [0.15, 0.2) is 15.9 Å². The monoisotopic (exact) mass is 244 g/mol. The molecular weight excluding hydrogens is 232 g/mol. The number of carboxylic acid groups (broad SMARTS) is 1. The fraction of sp³-hybridized carbons (Fsp3) is 0.300. The first-order chi connectivity index (χ1) is 7.32. The summed E-state index contributed by atoms with van der Waals surface area (Å²) in [6.45, 7) is 0. The molecule has 88 valence electrons. The molecule has 1 aromatic carbocycles. The molecule has 0 amide bonds. The molecule has 0 fully saturated rings. The van der Waals surface area contributed by atoms with Crippen molar-refractivity contribution in [3.8, 4) is 0 Å². The molecule has 0 aliphatic heterocycles. The Morgan fingerprint density at radius 3 is 2.44 bits per heavy atom. The van der Waals surface area contributed by atoms with E-state index in [9.17, 15) is 18.3 Å². The fourth-order valence-corrected chi connectivity index (χ4v) is 2.28. The lowest BCUT2D eigenvalue weighted by Crippen LogP contribution is -2.23. The Morgan fingerprint density at radius 1 is 1.38 bits per heavy atom. The van der Waals surface area contributed by atoms with E-state index in [0.717, 1.165) is 6.26 Å². The Morgan fingerprint density at radius 2 is 1.94 bits per heavy atom. The molecule has 0 heterocycles. The molecule has 5 nitrogen and oxygen atoms in total. The van der Waals surface area contributed by atoms with E-state index in [1.807, 2.05) is 0 Å². The quantitative estimate of drug-likeness (QED) is 0.782. The summed E-state index contributed by atoms with van der Waals surface area (Å²) in [5, 5.41) is 17.7. The third-order valence-electron chi connectivity index (χ3n) is 2.07. The minimum atomic E-state index is -3.41. The Kier molecular flexibility index (Phi) is 3.66. The molecule has 0 saturated carbocycles. The highest BCUT2D eigenvalue weighted by atomic mass is 32.2. The van der Waals surface area contributed by atoms with E-state index in [1.165, 1.54) is 12.1 Å². The van der Waals surface area contributed by atoms with Crippen LogP contribution >= 0.6 is 0 Å². The number of sulfone groups is 1. The number of hydrogen-bond acceptors (Lipinski definition) is 4. The zero-order chi connectivity index (χ0) is 12.3. The van der Waals surface area contributed by atoms with Gasteiger partial charge in [0, 0.05) is 12.7 Å². The van der Waals surface area contributed by atoms with Crippen LogP contribution in [0.3, 0.4) is 0 Å². The molecule has 6 heteroatoms. The smallest absolute Gasteiger partial charge is 0.332 e. The van der Waals surface area contributed by atoms with Crippen molar-refractivity contribution in [1.82, 2.24) is 0 Å². The van der Waals surface area contributed by atoms with Crippen molar-refractivity contribution in [1.29, 1.82) is 0 Å². The first kappa shape index (κ1) is 12.7. The number of rotatable bonds is 4. The number of benzene rings is 1. The normalized spacial score (nSPS) is 13.4. The van der Waals surface area contributed by atoms with Gasteiger partial charge in [0.05, 0.1) is 4.90 Å². The SMILES string of the molecule is CS(=O)(=O)c1ccccc1CC(O)C(=O)O. The largest absolute Gasteiger partial charge is 0.479 e. The topological polar surface area (TPSA) is 91.7 Å². The van der Waals surface area contributed by atoms with Gasteiger partial charge in [0.25, 0.3) is 0 Å². The molecule has 16 heavy (non-hydrogen) atoms. The van der Waals surface area contributed by atoms with Gasteiger partial charge in [-0.2, -0.15) is 0 Å². The van der Waals surface area contributed by atoms with Crippen molar-refractivity contribution in [2.24, 2.45) is 0 Å². The second-order valence-electron chi connectivity index (χ2n) is 3.44. The first-order valence-corrected chi connectivity index (χ1v) is 6.40. The molecule has 1 rings (SSSR count). The van der Waals surface area contributed by atoms with Gasteiger partial charge in [-0.25, -0.2) is 13.2 Å². The molecule has 2 N–H and O–H groups in total. The van der Waals surface area contributed by atoms with Crippen molar-refractivity contribution in [3.05, 3.63) is 29.8 Å². The van der Waals surface area contributed by atoms with E-state index in [-0.39, 0.29) is 11.3 Å². The van der Waals surface area contributed by atoms with Crippen molar-refractivity contribution in [3.63, 3.8) is 0 Å². The van der Waals surface area contributed by atoms with Crippen LogP contribution in [0.4, 0.5) is 0 Å². The molecule has 0 spiro atoms. The van der Waals surface area contributed by atoms with Crippen molar-refractivity contribution in [2.45, 2.75) is 17.4 Å². The van der Waals surface area contributed by atoms with E-state index in [2.05, 4.69) is 0 Å².